The van der Waals surface area contributed by atoms with Crippen molar-refractivity contribution in [1.29, 1.82) is 0 Å². The fourth-order valence-corrected chi connectivity index (χ4v) is 2.89. The molecule has 0 bridgehead atoms. The molecule has 0 unspecified atom stereocenters. The van der Waals surface area contributed by atoms with Gasteiger partial charge in [0.1, 0.15) is 0 Å². The maximum Gasteiger partial charge on any atom is 0.416 e. The second-order valence-corrected chi connectivity index (χ2v) is 5.61. The van der Waals surface area contributed by atoms with Gasteiger partial charge in [-0.1, -0.05) is 25.1 Å². The van der Waals surface area contributed by atoms with Crippen molar-refractivity contribution in [2.24, 2.45) is 0 Å². The molecule has 0 radical (unpaired) electrons. The Hall–Kier alpha value is -2.51. The van der Waals surface area contributed by atoms with Gasteiger partial charge in [0.15, 0.2) is 0 Å². The van der Waals surface area contributed by atoms with Crippen LogP contribution in [0.3, 0.4) is 0 Å². The number of allylic oxidation sites excluding steroid dienone is 1. The summed E-state index contributed by atoms with van der Waals surface area (Å²) in [6.07, 6.45) is -3.99. The second-order valence-electron chi connectivity index (χ2n) is 5.61. The number of methoxy groups -OCH3 is 1. The molecule has 2 rings (SSSR count). The Bertz CT molecular complexity index is 713. The van der Waals surface area contributed by atoms with Gasteiger partial charge in [-0.25, -0.2) is 9.59 Å². The molecule has 0 aliphatic carbocycles. The van der Waals surface area contributed by atoms with E-state index in [0.717, 1.165) is 13.2 Å². The number of esters is 1. The number of carbonyl (C=O) groups excluding carboxylic acids is 2. The van der Waals surface area contributed by atoms with Gasteiger partial charge in [-0.2, -0.15) is 13.2 Å². The Morgan fingerprint density at radius 3 is 2.52 bits per heavy atom. The molecule has 0 saturated carbocycles. The zero-order valence-electron chi connectivity index (χ0n) is 14.1. The number of ether oxygens (including phenoxy) is 1. The van der Waals surface area contributed by atoms with E-state index in [-0.39, 0.29) is 11.1 Å². The monoisotopic (exact) mass is 356 g/mol. The van der Waals surface area contributed by atoms with Crippen molar-refractivity contribution in [3.8, 4) is 0 Å². The van der Waals surface area contributed by atoms with Gasteiger partial charge in [0.05, 0.1) is 24.3 Å². The summed E-state index contributed by atoms with van der Waals surface area (Å²) in [6, 6.07) is 3.08. The number of urea groups is 1. The number of benzene rings is 1. The summed E-state index contributed by atoms with van der Waals surface area (Å²) in [6.45, 7) is 3.72. The second kappa shape index (κ2) is 7.16. The van der Waals surface area contributed by atoms with E-state index in [0.29, 0.717) is 18.7 Å². The highest BCUT2D eigenvalue weighted by Crippen LogP contribution is 2.39. The highest BCUT2D eigenvalue weighted by molar-refractivity contribution is 5.95. The van der Waals surface area contributed by atoms with Gasteiger partial charge in [0.25, 0.3) is 0 Å². The molecular weight excluding hydrogens is 337 g/mol. The van der Waals surface area contributed by atoms with Gasteiger partial charge in [0.2, 0.25) is 0 Å². The minimum atomic E-state index is -4.61. The van der Waals surface area contributed by atoms with E-state index in [9.17, 15) is 22.8 Å². The first kappa shape index (κ1) is 18.8. The molecule has 1 aromatic rings. The van der Waals surface area contributed by atoms with Crippen molar-refractivity contribution in [3.05, 3.63) is 46.7 Å². The molecule has 1 aliphatic rings. The Balaban J connectivity index is 2.65. The Morgan fingerprint density at radius 2 is 1.96 bits per heavy atom. The zero-order chi connectivity index (χ0) is 18.8. The SMILES string of the molecule is CCCN1C(=O)N[C@@H](c2ccccc2C(F)(F)F)C(C(=O)OC)=C1C. The van der Waals surface area contributed by atoms with Crippen molar-refractivity contribution < 1.29 is 27.5 Å². The standard InChI is InChI=1S/C17H19F3N2O3/c1-4-9-22-10(2)13(15(23)25-3)14(21-16(22)24)11-7-5-6-8-12(11)17(18,19)20/h5-8,14H,4,9H2,1-3H3,(H,21,24)/t14-/m0/s1. The zero-order valence-corrected chi connectivity index (χ0v) is 14.1. The maximum absolute atomic E-state index is 13.3. The van der Waals surface area contributed by atoms with Gasteiger partial charge >= 0.3 is 18.2 Å². The van der Waals surface area contributed by atoms with Crippen LogP contribution >= 0.6 is 0 Å². The van der Waals surface area contributed by atoms with Crippen molar-refractivity contribution in [1.82, 2.24) is 10.2 Å². The molecule has 1 atom stereocenters. The van der Waals surface area contributed by atoms with E-state index in [1.807, 2.05) is 6.92 Å². The van der Waals surface area contributed by atoms with Crippen LogP contribution in [0, 0.1) is 0 Å². The van der Waals surface area contributed by atoms with Crippen LogP contribution in [0.25, 0.3) is 0 Å². The number of halogens is 3. The lowest BCUT2D eigenvalue weighted by molar-refractivity contribution is -0.140. The molecular formula is C17H19F3N2O3. The van der Waals surface area contributed by atoms with Crippen LogP contribution < -0.4 is 5.32 Å². The lowest BCUT2D eigenvalue weighted by Crippen LogP contribution is -2.48. The molecule has 1 aliphatic heterocycles. The largest absolute Gasteiger partial charge is 0.466 e. The van der Waals surface area contributed by atoms with Gasteiger partial charge in [-0.05, 0) is 25.0 Å². The van der Waals surface area contributed by atoms with E-state index in [1.54, 1.807) is 0 Å². The number of nitrogens with one attached hydrogen (secondary N) is 1. The summed E-state index contributed by atoms with van der Waals surface area (Å²) in [4.78, 5) is 25.9. The first-order valence-electron chi connectivity index (χ1n) is 7.75. The average Bonchev–Trinajstić information content (AvgIpc) is 2.56. The minimum absolute atomic E-state index is 0.00718. The summed E-state index contributed by atoms with van der Waals surface area (Å²) in [7, 11) is 1.15. The third-order valence-electron chi connectivity index (χ3n) is 4.03. The number of hydrogen-bond donors (Lipinski definition) is 1. The number of carbonyl (C=O) groups is 2. The predicted molar refractivity (Wildman–Crippen MR) is 84.4 cm³/mol. The van der Waals surface area contributed by atoms with Crippen molar-refractivity contribution in [3.63, 3.8) is 0 Å². The first-order chi connectivity index (χ1) is 11.7. The van der Waals surface area contributed by atoms with E-state index in [2.05, 4.69) is 5.32 Å². The third kappa shape index (κ3) is 3.62. The molecule has 136 valence electrons. The van der Waals surface area contributed by atoms with Crippen LogP contribution in [-0.4, -0.2) is 30.6 Å². The molecule has 5 nitrogen and oxygen atoms in total. The van der Waals surface area contributed by atoms with Gasteiger partial charge in [-0.3, -0.25) is 4.90 Å². The summed E-state index contributed by atoms with van der Waals surface area (Å²) in [5, 5.41) is 2.50. The molecule has 0 saturated heterocycles. The topological polar surface area (TPSA) is 58.6 Å². The Labute approximate surface area is 143 Å². The molecule has 1 heterocycles. The van der Waals surface area contributed by atoms with Crippen LogP contribution in [0.5, 0.6) is 0 Å². The number of hydrogen-bond acceptors (Lipinski definition) is 3. The molecule has 1 aromatic carbocycles. The molecule has 0 fully saturated rings. The van der Waals surface area contributed by atoms with Crippen molar-refractivity contribution in [2.45, 2.75) is 32.5 Å². The fourth-order valence-electron chi connectivity index (χ4n) is 2.89. The molecule has 25 heavy (non-hydrogen) atoms. The third-order valence-corrected chi connectivity index (χ3v) is 4.03. The van der Waals surface area contributed by atoms with Gasteiger partial charge in [0, 0.05) is 12.2 Å². The van der Waals surface area contributed by atoms with Crippen molar-refractivity contribution in [2.75, 3.05) is 13.7 Å². The van der Waals surface area contributed by atoms with Crippen LogP contribution in [0.1, 0.15) is 37.4 Å². The quantitative estimate of drug-likeness (QED) is 0.838. The highest BCUT2D eigenvalue weighted by Gasteiger charge is 2.41. The summed E-state index contributed by atoms with van der Waals surface area (Å²) in [5.41, 5.74) is -0.815. The highest BCUT2D eigenvalue weighted by atomic mass is 19.4. The lowest BCUT2D eigenvalue weighted by Gasteiger charge is -2.35. The average molecular weight is 356 g/mol. The van der Waals surface area contributed by atoms with E-state index in [1.165, 1.54) is 30.0 Å². The normalized spacial score (nSPS) is 18.2. The molecule has 1 N–H and O–H groups in total. The number of rotatable bonds is 4. The number of nitrogens with zero attached hydrogens (tertiary/aromatic N) is 1. The molecule has 0 spiro atoms. The van der Waals surface area contributed by atoms with Gasteiger partial charge < -0.3 is 10.1 Å². The predicted octanol–water partition coefficient (Wildman–Crippen LogP) is 3.63. The molecule has 8 heteroatoms. The summed E-state index contributed by atoms with van der Waals surface area (Å²) >= 11 is 0. The molecule has 0 aromatic heterocycles. The van der Waals surface area contributed by atoms with Crippen LogP contribution in [-0.2, 0) is 15.7 Å². The lowest BCUT2D eigenvalue weighted by atomic mass is 9.91. The van der Waals surface area contributed by atoms with E-state index < -0.39 is 29.8 Å². The minimum Gasteiger partial charge on any atom is -0.466 e. The van der Waals surface area contributed by atoms with Crippen LogP contribution in [0.2, 0.25) is 0 Å². The Kier molecular flexibility index (Phi) is 5.39. The number of amides is 2. The van der Waals surface area contributed by atoms with Crippen LogP contribution in [0.15, 0.2) is 35.5 Å². The summed E-state index contributed by atoms with van der Waals surface area (Å²) in [5.74, 6) is -0.777. The van der Waals surface area contributed by atoms with Crippen molar-refractivity contribution >= 4 is 12.0 Å². The molecule has 2 amide bonds. The van der Waals surface area contributed by atoms with E-state index >= 15 is 0 Å². The first-order valence-corrected chi connectivity index (χ1v) is 7.75. The van der Waals surface area contributed by atoms with Gasteiger partial charge in [-0.15, -0.1) is 0 Å². The number of alkyl halides is 3. The smallest absolute Gasteiger partial charge is 0.416 e. The van der Waals surface area contributed by atoms with E-state index in [4.69, 9.17) is 4.74 Å². The van der Waals surface area contributed by atoms with Crippen LogP contribution in [0.4, 0.5) is 18.0 Å². The maximum atomic E-state index is 13.3. The fraction of sp³-hybridized carbons (Fsp3) is 0.412. The summed E-state index contributed by atoms with van der Waals surface area (Å²) < 4.78 is 44.8. The Morgan fingerprint density at radius 1 is 1.32 bits per heavy atom.